The van der Waals surface area contributed by atoms with Crippen LogP contribution in [0.3, 0.4) is 0 Å². The van der Waals surface area contributed by atoms with Gasteiger partial charge in [0.1, 0.15) is 0 Å². The lowest BCUT2D eigenvalue weighted by molar-refractivity contribution is -0.140. The quantitative estimate of drug-likeness (QED) is 0.681. The fourth-order valence-corrected chi connectivity index (χ4v) is 0.944. The molecule has 0 saturated heterocycles. The zero-order valence-electron chi connectivity index (χ0n) is 7.24. The van der Waals surface area contributed by atoms with Crippen molar-refractivity contribution in [3.05, 3.63) is 23.0 Å². The summed E-state index contributed by atoms with van der Waals surface area (Å²) in [6.07, 6.45) is -3.29. The average Bonchev–Trinajstić information content (AvgIpc) is 1.98. The molecule has 0 amide bonds. The van der Waals surface area contributed by atoms with E-state index in [2.05, 4.69) is 4.98 Å². The summed E-state index contributed by atoms with van der Waals surface area (Å²) in [4.78, 5) is 3.26. The first-order valence-electron chi connectivity index (χ1n) is 3.63. The standard InChI is InChI=1S/C8H9F3N2/c1-4-3-13-7(8(9,10)11)6(12)5(4)2/h3H,12H2,1-2H3. The van der Waals surface area contributed by atoms with E-state index in [0.717, 1.165) is 0 Å². The van der Waals surface area contributed by atoms with Crippen molar-refractivity contribution >= 4 is 5.69 Å². The minimum Gasteiger partial charge on any atom is -0.397 e. The minimum atomic E-state index is -4.47. The number of hydrogen-bond acceptors (Lipinski definition) is 2. The number of nitrogens with two attached hydrogens (primary N) is 1. The van der Waals surface area contributed by atoms with Crippen LogP contribution < -0.4 is 5.73 Å². The summed E-state index contributed by atoms with van der Waals surface area (Å²) in [5, 5.41) is 0. The third kappa shape index (κ3) is 1.74. The Labute approximate surface area is 73.6 Å². The molecule has 2 nitrogen and oxygen atoms in total. The van der Waals surface area contributed by atoms with Gasteiger partial charge in [-0.2, -0.15) is 13.2 Å². The molecule has 0 aliphatic carbocycles. The van der Waals surface area contributed by atoms with Gasteiger partial charge in [-0.1, -0.05) is 0 Å². The molecule has 13 heavy (non-hydrogen) atoms. The highest BCUT2D eigenvalue weighted by Gasteiger charge is 2.35. The predicted octanol–water partition coefficient (Wildman–Crippen LogP) is 2.30. The highest BCUT2D eigenvalue weighted by Crippen LogP contribution is 2.33. The number of aromatic nitrogens is 1. The molecule has 0 aromatic carbocycles. The Morgan fingerprint density at radius 1 is 1.31 bits per heavy atom. The molecule has 1 aromatic rings. The number of alkyl halides is 3. The molecule has 1 heterocycles. The van der Waals surface area contributed by atoms with Crippen molar-refractivity contribution in [1.82, 2.24) is 4.98 Å². The van der Waals surface area contributed by atoms with Gasteiger partial charge in [-0.05, 0) is 25.0 Å². The Balaban J connectivity index is 3.35. The van der Waals surface area contributed by atoms with Crippen LogP contribution in [0.15, 0.2) is 6.20 Å². The number of rotatable bonds is 0. The van der Waals surface area contributed by atoms with Crippen molar-refractivity contribution in [2.24, 2.45) is 0 Å². The van der Waals surface area contributed by atoms with E-state index in [1.165, 1.54) is 6.20 Å². The molecule has 0 radical (unpaired) electrons. The van der Waals surface area contributed by atoms with Crippen LogP contribution in [0.1, 0.15) is 16.8 Å². The Bertz CT molecular complexity index is 331. The normalized spacial score (nSPS) is 11.8. The molecule has 0 bridgehead atoms. The second-order valence-electron chi connectivity index (χ2n) is 2.83. The Kier molecular flexibility index (Phi) is 2.19. The van der Waals surface area contributed by atoms with E-state index >= 15 is 0 Å². The summed E-state index contributed by atoms with van der Waals surface area (Å²) in [6.45, 7) is 3.21. The first-order chi connectivity index (χ1) is 5.84. The molecule has 0 aliphatic rings. The van der Waals surface area contributed by atoms with Crippen LogP contribution in [-0.4, -0.2) is 4.98 Å². The number of pyridine rings is 1. The number of aryl methyl sites for hydroxylation is 1. The van der Waals surface area contributed by atoms with Crippen LogP contribution in [-0.2, 0) is 6.18 Å². The highest BCUT2D eigenvalue weighted by molar-refractivity contribution is 5.53. The second kappa shape index (κ2) is 2.90. The monoisotopic (exact) mass is 190 g/mol. The summed E-state index contributed by atoms with van der Waals surface area (Å²) in [5.74, 6) is 0. The average molecular weight is 190 g/mol. The molecule has 1 aromatic heterocycles. The van der Waals surface area contributed by atoms with Crippen molar-refractivity contribution in [3.8, 4) is 0 Å². The van der Waals surface area contributed by atoms with E-state index in [9.17, 15) is 13.2 Å². The summed E-state index contributed by atoms with van der Waals surface area (Å²) >= 11 is 0. The molecule has 5 heteroatoms. The smallest absolute Gasteiger partial charge is 0.397 e. The second-order valence-corrected chi connectivity index (χ2v) is 2.83. The van der Waals surface area contributed by atoms with E-state index < -0.39 is 11.9 Å². The van der Waals surface area contributed by atoms with Crippen LogP contribution in [0, 0.1) is 13.8 Å². The molecule has 0 unspecified atom stereocenters. The summed E-state index contributed by atoms with van der Waals surface area (Å²) in [7, 11) is 0. The number of anilines is 1. The molecule has 1 rings (SSSR count). The van der Waals surface area contributed by atoms with Crippen LogP contribution in [0.2, 0.25) is 0 Å². The number of nitrogens with zero attached hydrogens (tertiary/aromatic N) is 1. The summed E-state index contributed by atoms with van der Waals surface area (Å²) in [6, 6.07) is 0. The predicted molar refractivity (Wildman–Crippen MR) is 43.1 cm³/mol. The Hall–Kier alpha value is -1.26. The van der Waals surface area contributed by atoms with Crippen LogP contribution in [0.25, 0.3) is 0 Å². The third-order valence-corrected chi connectivity index (χ3v) is 1.91. The maximum absolute atomic E-state index is 12.2. The number of nitrogen functional groups attached to an aromatic ring is 1. The molecule has 2 N–H and O–H groups in total. The lowest BCUT2D eigenvalue weighted by atomic mass is 10.1. The maximum atomic E-state index is 12.2. The van der Waals surface area contributed by atoms with Gasteiger partial charge in [0.25, 0.3) is 0 Å². The van der Waals surface area contributed by atoms with Gasteiger partial charge < -0.3 is 5.73 Å². The molecule has 0 saturated carbocycles. The first-order valence-corrected chi connectivity index (χ1v) is 3.63. The fraction of sp³-hybridized carbons (Fsp3) is 0.375. The van der Waals surface area contributed by atoms with Gasteiger partial charge in [-0.15, -0.1) is 0 Å². The first kappa shape index (κ1) is 9.83. The van der Waals surface area contributed by atoms with Crippen LogP contribution in [0.4, 0.5) is 18.9 Å². The van der Waals surface area contributed by atoms with Crippen molar-refractivity contribution in [2.75, 3.05) is 5.73 Å². The third-order valence-electron chi connectivity index (χ3n) is 1.91. The molecular weight excluding hydrogens is 181 g/mol. The molecule has 0 atom stereocenters. The van der Waals surface area contributed by atoms with Crippen molar-refractivity contribution in [2.45, 2.75) is 20.0 Å². The molecule has 0 aliphatic heterocycles. The Morgan fingerprint density at radius 2 is 1.85 bits per heavy atom. The molecule has 72 valence electrons. The topological polar surface area (TPSA) is 38.9 Å². The molecular formula is C8H9F3N2. The maximum Gasteiger partial charge on any atom is 0.435 e. The van der Waals surface area contributed by atoms with Gasteiger partial charge >= 0.3 is 6.18 Å². The van der Waals surface area contributed by atoms with Crippen molar-refractivity contribution in [3.63, 3.8) is 0 Å². The van der Waals surface area contributed by atoms with Gasteiger partial charge in [0.2, 0.25) is 0 Å². The largest absolute Gasteiger partial charge is 0.435 e. The number of halogens is 3. The van der Waals surface area contributed by atoms with E-state index in [1.54, 1.807) is 13.8 Å². The lowest BCUT2D eigenvalue weighted by Gasteiger charge is -2.11. The molecule has 0 spiro atoms. The van der Waals surface area contributed by atoms with Gasteiger partial charge in [-0.3, -0.25) is 0 Å². The lowest BCUT2D eigenvalue weighted by Crippen LogP contribution is -2.13. The van der Waals surface area contributed by atoms with Crippen molar-refractivity contribution < 1.29 is 13.2 Å². The van der Waals surface area contributed by atoms with E-state index in [4.69, 9.17) is 5.73 Å². The van der Waals surface area contributed by atoms with Gasteiger partial charge in [-0.25, -0.2) is 4.98 Å². The van der Waals surface area contributed by atoms with E-state index in [-0.39, 0.29) is 5.69 Å². The Morgan fingerprint density at radius 3 is 2.31 bits per heavy atom. The minimum absolute atomic E-state index is 0.285. The highest BCUT2D eigenvalue weighted by atomic mass is 19.4. The van der Waals surface area contributed by atoms with Crippen LogP contribution >= 0.6 is 0 Å². The zero-order valence-corrected chi connectivity index (χ0v) is 7.24. The summed E-state index contributed by atoms with van der Waals surface area (Å²) < 4.78 is 36.7. The SMILES string of the molecule is Cc1cnc(C(F)(F)F)c(N)c1C. The van der Waals surface area contributed by atoms with Crippen LogP contribution in [0.5, 0.6) is 0 Å². The van der Waals surface area contributed by atoms with Gasteiger partial charge in [0.15, 0.2) is 5.69 Å². The van der Waals surface area contributed by atoms with E-state index in [0.29, 0.717) is 11.1 Å². The fourth-order valence-electron chi connectivity index (χ4n) is 0.944. The number of hydrogen-bond donors (Lipinski definition) is 1. The van der Waals surface area contributed by atoms with E-state index in [1.807, 2.05) is 0 Å². The molecule has 0 fully saturated rings. The zero-order chi connectivity index (χ0) is 10.2. The summed E-state index contributed by atoms with van der Waals surface area (Å²) in [5.41, 5.74) is 5.09. The van der Waals surface area contributed by atoms with Crippen molar-refractivity contribution in [1.29, 1.82) is 0 Å². The van der Waals surface area contributed by atoms with Gasteiger partial charge in [0.05, 0.1) is 5.69 Å². The van der Waals surface area contributed by atoms with Gasteiger partial charge in [0, 0.05) is 6.20 Å².